The molecule has 0 saturated heterocycles. The minimum absolute atomic E-state index is 0.108. The maximum atomic E-state index is 13.3. The number of fused-ring (bicyclic) bond motifs is 1. The number of hydrogen-bond donors (Lipinski definition) is 2. The van der Waals surface area contributed by atoms with Crippen molar-refractivity contribution in [3.63, 3.8) is 0 Å². The van der Waals surface area contributed by atoms with Gasteiger partial charge in [0.15, 0.2) is 0 Å². The normalized spacial score (nSPS) is 25.5. The van der Waals surface area contributed by atoms with Crippen molar-refractivity contribution in [2.45, 2.75) is 57.3 Å². The van der Waals surface area contributed by atoms with Gasteiger partial charge in [-0.1, -0.05) is 0 Å². The van der Waals surface area contributed by atoms with Crippen LogP contribution in [0.1, 0.15) is 56.3 Å². The van der Waals surface area contributed by atoms with Gasteiger partial charge in [0.25, 0.3) is 0 Å². The molecule has 2 fully saturated rings. The van der Waals surface area contributed by atoms with E-state index in [4.69, 9.17) is 10.8 Å². The van der Waals surface area contributed by atoms with E-state index in [2.05, 4.69) is 22.0 Å². The molecule has 170 valence electrons. The second kappa shape index (κ2) is 8.09. The molecular weight excluding hydrogens is 407 g/mol. The molecule has 2 aliphatic carbocycles. The number of nitrogens with zero attached hydrogens (tertiary/aromatic N) is 4. The molecule has 31 heavy (non-hydrogen) atoms. The van der Waals surface area contributed by atoms with Crippen LogP contribution in [0, 0.1) is 11.8 Å². The van der Waals surface area contributed by atoms with Crippen molar-refractivity contribution in [1.82, 2.24) is 19.7 Å². The number of aliphatic hydroxyl groups is 1. The van der Waals surface area contributed by atoms with Gasteiger partial charge in [-0.05, 0) is 64.1 Å². The van der Waals surface area contributed by atoms with E-state index in [1.165, 1.54) is 6.20 Å². The Morgan fingerprint density at radius 1 is 1.26 bits per heavy atom. The molecule has 0 unspecified atom stereocenters. The maximum absolute atomic E-state index is 13.3. The molecule has 3 N–H and O–H groups in total. The molecule has 0 aliphatic heterocycles. The predicted molar refractivity (Wildman–Crippen MR) is 112 cm³/mol. The van der Waals surface area contributed by atoms with Crippen molar-refractivity contribution in [2.75, 3.05) is 25.9 Å². The van der Waals surface area contributed by atoms with Crippen LogP contribution in [0.4, 0.5) is 19.0 Å². The average Bonchev–Trinajstić information content (AvgIpc) is 3.07. The van der Waals surface area contributed by atoms with E-state index in [9.17, 15) is 13.2 Å². The molecule has 0 bridgehead atoms. The summed E-state index contributed by atoms with van der Waals surface area (Å²) in [4.78, 5) is 6.10. The third kappa shape index (κ3) is 4.17. The second-order valence-electron chi connectivity index (χ2n) is 9.18. The highest BCUT2D eigenvalue weighted by Gasteiger charge is 2.58. The van der Waals surface area contributed by atoms with Gasteiger partial charge in [0, 0.05) is 48.6 Å². The lowest BCUT2D eigenvalue weighted by Crippen LogP contribution is -2.32. The SMILES string of the molecule is CC(C)n1nc(-c2cnc(N)c(C(F)(F)F)c2)cc1[C@H]1[C@@H]2C[C@@H](N(C)CCCO)C[C@@H]21. The Balaban J connectivity index is 1.56. The zero-order valence-corrected chi connectivity index (χ0v) is 18.1. The summed E-state index contributed by atoms with van der Waals surface area (Å²) in [6, 6.07) is 3.61. The van der Waals surface area contributed by atoms with Crippen LogP contribution in [0.3, 0.4) is 0 Å². The van der Waals surface area contributed by atoms with Gasteiger partial charge in [0.05, 0.1) is 11.3 Å². The number of nitrogen functional groups attached to an aromatic ring is 1. The second-order valence-corrected chi connectivity index (χ2v) is 9.18. The van der Waals surface area contributed by atoms with Crippen LogP contribution < -0.4 is 5.73 Å². The van der Waals surface area contributed by atoms with E-state index in [0.29, 0.717) is 35.1 Å². The summed E-state index contributed by atoms with van der Waals surface area (Å²) in [6.07, 6.45) is -0.192. The molecule has 6 nitrogen and oxygen atoms in total. The highest BCUT2D eigenvalue weighted by atomic mass is 19.4. The number of hydrogen-bond acceptors (Lipinski definition) is 5. The predicted octanol–water partition coefficient (Wildman–Crippen LogP) is 3.93. The number of nitrogens with two attached hydrogens (primary N) is 1. The van der Waals surface area contributed by atoms with Gasteiger partial charge >= 0.3 is 6.18 Å². The molecular formula is C22H30F3N5O. The van der Waals surface area contributed by atoms with Gasteiger partial charge in [0.1, 0.15) is 5.82 Å². The summed E-state index contributed by atoms with van der Waals surface area (Å²) >= 11 is 0. The van der Waals surface area contributed by atoms with E-state index in [-0.39, 0.29) is 12.6 Å². The Morgan fingerprint density at radius 2 is 1.94 bits per heavy atom. The fraction of sp³-hybridized carbons (Fsp3) is 0.636. The number of halogens is 3. The smallest absolute Gasteiger partial charge is 0.396 e. The number of anilines is 1. The van der Waals surface area contributed by atoms with Gasteiger partial charge < -0.3 is 15.7 Å². The molecule has 2 saturated carbocycles. The van der Waals surface area contributed by atoms with Crippen molar-refractivity contribution in [3.05, 3.63) is 29.6 Å². The summed E-state index contributed by atoms with van der Waals surface area (Å²) in [7, 11) is 2.11. The van der Waals surface area contributed by atoms with Gasteiger partial charge in [-0.3, -0.25) is 4.68 Å². The summed E-state index contributed by atoms with van der Waals surface area (Å²) in [6.45, 7) is 5.17. The van der Waals surface area contributed by atoms with E-state index in [0.717, 1.165) is 37.6 Å². The molecule has 0 spiro atoms. The van der Waals surface area contributed by atoms with E-state index < -0.39 is 17.6 Å². The first-order valence-electron chi connectivity index (χ1n) is 10.9. The van der Waals surface area contributed by atoms with Gasteiger partial charge in [-0.25, -0.2) is 4.98 Å². The first-order chi connectivity index (χ1) is 14.6. The summed E-state index contributed by atoms with van der Waals surface area (Å²) < 4.78 is 41.8. The van der Waals surface area contributed by atoms with Crippen LogP contribution >= 0.6 is 0 Å². The Bertz CT molecular complexity index is 930. The fourth-order valence-corrected chi connectivity index (χ4v) is 5.17. The van der Waals surface area contributed by atoms with E-state index in [1.54, 1.807) is 0 Å². The van der Waals surface area contributed by atoms with Gasteiger partial charge in [-0.2, -0.15) is 18.3 Å². The van der Waals surface area contributed by atoms with Crippen LogP contribution in [0.5, 0.6) is 0 Å². The van der Waals surface area contributed by atoms with E-state index in [1.807, 2.05) is 24.6 Å². The van der Waals surface area contributed by atoms with Crippen molar-refractivity contribution in [3.8, 4) is 11.3 Å². The van der Waals surface area contributed by atoms with Crippen molar-refractivity contribution >= 4 is 5.82 Å². The molecule has 0 amide bonds. The molecule has 0 radical (unpaired) electrons. The van der Waals surface area contributed by atoms with Crippen LogP contribution in [-0.2, 0) is 6.18 Å². The van der Waals surface area contributed by atoms with E-state index >= 15 is 0 Å². The standard InChI is InChI=1S/C22H30F3N5O/c1-12(2)30-19(20-15-8-14(9-16(15)20)29(3)5-4-6-31)10-18(28-30)13-7-17(22(23,24)25)21(26)27-11-13/h7,10-12,14-16,20,31H,4-6,8-9H2,1-3H3,(H2,26,27)/t14-,15-,16+,20+. The lowest BCUT2D eigenvalue weighted by Gasteiger charge is -2.26. The molecule has 0 aromatic carbocycles. The Hall–Kier alpha value is -2.13. The van der Waals surface area contributed by atoms with Crippen molar-refractivity contribution in [1.29, 1.82) is 0 Å². The topological polar surface area (TPSA) is 80.2 Å². The van der Waals surface area contributed by atoms with Crippen LogP contribution in [-0.4, -0.2) is 51.0 Å². The van der Waals surface area contributed by atoms with Crippen molar-refractivity contribution in [2.24, 2.45) is 11.8 Å². The summed E-state index contributed by atoms with van der Waals surface area (Å²) in [5, 5.41) is 13.7. The molecule has 4 atom stereocenters. The molecule has 2 aromatic rings. The number of pyridine rings is 1. The number of aliphatic hydroxyl groups excluding tert-OH is 1. The quantitative estimate of drug-likeness (QED) is 0.686. The Morgan fingerprint density at radius 3 is 2.52 bits per heavy atom. The van der Waals surface area contributed by atoms with Crippen LogP contribution in [0.15, 0.2) is 18.3 Å². The molecule has 2 heterocycles. The van der Waals surface area contributed by atoms with Crippen LogP contribution in [0.2, 0.25) is 0 Å². The number of rotatable bonds is 7. The molecule has 2 aromatic heterocycles. The van der Waals surface area contributed by atoms with Gasteiger partial charge in [-0.15, -0.1) is 0 Å². The molecule has 2 aliphatic rings. The molecule has 4 rings (SSSR count). The van der Waals surface area contributed by atoms with Crippen molar-refractivity contribution < 1.29 is 18.3 Å². The summed E-state index contributed by atoms with van der Waals surface area (Å²) in [5.74, 6) is 1.04. The Labute approximate surface area is 180 Å². The zero-order chi connectivity index (χ0) is 22.5. The largest absolute Gasteiger partial charge is 0.419 e. The number of aromatic nitrogens is 3. The molecule has 9 heteroatoms. The summed E-state index contributed by atoms with van der Waals surface area (Å²) in [5.41, 5.74) is 6.45. The monoisotopic (exact) mass is 437 g/mol. The Kier molecular flexibility index (Phi) is 5.76. The first kappa shape index (κ1) is 22.1. The first-order valence-corrected chi connectivity index (χ1v) is 10.9. The third-order valence-corrected chi connectivity index (χ3v) is 6.83. The van der Waals surface area contributed by atoms with Crippen LogP contribution in [0.25, 0.3) is 11.3 Å². The minimum Gasteiger partial charge on any atom is -0.396 e. The zero-order valence-electron chi connectivity index (χ0n) is 18.1. The number of alkyl halides is 3. The minimum atomic E-state index is -4.55. The lowest BCUT2D eigenvalue weighted by atomic mass is 10.0. The highest BCUT2D eigenvalue weighted by molar-refractivity contribution is 5.63. The van der Waals surface area contributed by atoms with Gasteiger partial charge in [0.2, 0.25) is 0 Å². The highest BCUT2D eigenvalue weighted by Crippen LogP contribution is 2.64. The average molecular weight is 438 g/mol. The fourth-order valence-electron chi connectivity index (χ4n) is 5.17. The maximum Gasteiger partial charge on any atom is 0.419 e. The third-order valence-electron chi connectivity index (χ3n) is 6.83. The lowest BCUT2D eigenvalue weighted by molar-refractivity contribution is -0.137.